The van der Waals surface area contributed by atoms with Gasteiger partial charge in [-0.05, 0) is 19.1 Å². The molecule has 0 aromatic carbocycles. The molecule has 1 atom stereocenters. The van der Waals surface area contributed by atoms with Crippen molar-refractivity contribution in [3.63, 3.8) is 0 Å². The van der Waals surface area contributed by atoms with Crippen LogP contribution in [0, 0.1) is 6.92 Å². The molecule has 4 nitrogen and oxygen atoms in total. The Hall–Kier alpha value is -1.53. The van der Waals surface area contributed by atoms with Crippen molar-refractivity contribution in [3.8, 4) is 0 Å². The molecule has 6 heteroatoms. The van der Waals surface area contributed by atoms with Crippen LogP contribution in [0.5, 0.6) is 0 Å². The minimum atomic E-state index is 0.321. The van der Waals surface area contributed by atoms with E-state index in [9.17, 15) is 0 Å². The molecule has 0 radical (unpaired) electrons. The number of aryl methyl sites for hydroxylation is 1. The maximum Gasteiger partial charge on any atom is 0.136 e. The van der Waals surface area contributed by atoms with Gasteiger partial charge in [0.05, 0.1) is 10.6 Å². The van der Waals surface area contributed by atoms with Crippen LogP contribution in [-0.4, -0.2) is 21.5 Å². The van der Waals surface area contributed by atoms with Gasteiger partial charge in [-0.3, -0.25) is 0 Å². The molecule has 2 rings (SSSR count). The van der Waals surface area contributed by atoms with Crippen LogP contribution in [0.25, 0.3) is 0 Å². The monoisotopic (exact) mass is 292 g/mol. The SMILES string of the molecule is Cc1ccc(C(N)=S)c(NCC(C)c2nccs2)n1. The van der Waals surface area contributed by atoms with Crippen molar-refractivity contribution in [3.05, 3.63) is 40.0 Å². The van der Waals surface area contributed by atoms with E-state index in [1.165, 1.54) is 0 Å². The number of thiocarbonyl (C=S) groups is 1. The number of rotatable bonds is 5. The predicted molar refractivity (Wildman–Crippen MR) is 83.9 cm³/mol. The van der Waals surface area contributed by atoms with Gasteiger partial charge in [-0.1, -0.05) is 19.1 Å². The number of nitrogens with two attached hydrogens (primary N) is 1. The van der Waals surface area contributed by atoms with Crippen LogP contribution in [0.2, 0.25) is 0 Å². The highest BCUT2D eigenvalue weighted by molar-refractivity contribution is 7.80. The Morgan fingerprint density at radius 3 is 2.95 bits per heavy atom. The lowest BCUT2D eigenvalue weighted by Crippen LogP contribution is -2.17. The summed E-state index contributed by atoms with van der Waals surface area (Å²) in [5, 5.41) is 6.40. The standard InChI is InChI=1S/C13H16N4S2/c1-8(13-15-5-6-19-13)7-16-12-10(11(14)18)4-3-9(2)17-12/h3-6,8H,7H2,1-2H3,(H2,14,18)(H,16,17). The van der Waals surface area contributed by atoms with Gasteiger partial charge in [-0.25, -0.2) is 9.97 Å². The van der Waals surface area contributed by atoms with Gasteiger partial charge in [0, 0.05) is 29.7 Å². The maximum atomic E-state index is 5.71. The van der Waals surface area contributed by atoms with E-state index in [-0.39, 0.29) is 0 Å². The lowest BCUT2D eigenvalue weighted by molar-refractivity contribution is 0.791. The number of thiazole rings is 1. The number of hydrogen-bond acceptors (Lipinski definition) is 5. The number of aromatic nitrogens is 2. The van der Waals surface area contributed by atoms with Crippen molar-refractivity contribution in [2.24, 2.45) is 5.73 Å². The smallest absolute Gasteiger partial charge is 0.136 e. The Morgan fingerprint density at radius 2 is 2.32 bits per heavy atom. The average molecular weight is 292 g/mol. The zero-order valence-corrected chi connectivity index (χ0v) is 12.5. The van der Waals surface area contributed by atoms with Crippen LogP contribution >= 0.6 is 23.6 Å². The maximum absolute atomic E-state index is 5.71. The fourth-order valence-corrected chi connectivity index (χ4v) is 2.57. The van der Waals surface area contributed by atoms with Gasteiger partial charge in [-0.2, -0.15) is 0 Å². The second-order valence-electron chi connectivity index (χ2n) is 4.37. The third-order valence-electron chi connectivity index (χ3n) is 2.75. The van der Waals surface area contributed by atoms with Crippen molar-refractivity contribution >= 4 is 34.4 Å². The molecule has 0 spiro atoms. The first kappa shape index (κ1) is 13.9. The molecule has 2 aromatic heterocycles. The first-order valence-corrected chi connectivity index (χ1v) is 7.27. The Morgan fingerprint density at radius 1 is 1.53 bits per heavy atom. The highest BCUT2D eigenvalue weighted by Gasteiger charge is 2.11. The topological polar surface area (TPSA) is 63.8 Å². The fourth-order valence-electron chi connectivity index (χ4n) is 1.71. The van der Waals surface area contributed by atoms with Crippen molar-refractivity contribution in [2.45, 2.75) is 19.8 Å². The van der Waals surface area contributed by atoms with Gasteiger partial charge in [0.15, 0.2) is 0 Å². The summed E-state index contributed by atoms with van der Waals surface area (Å²) in [4.78, 5) is 9.12. The molecule has 2 aromatic rings. The van der Waals surface area contributed by atoms with E-state index in [2.05, 4.69) is 22.2 Å². The van der Waals surface area contributed by atoms with Crippen molar-refractivity contribution in [1.29, 1.82) is 0 Å². The number of pyridine rings is 1. The van der Waals surface area contributed by atoms with E-state index in [1.807, 2.05) is 30.6 Å². The van der Waals surface area contributed by atoms with Crippen LogP contribution in [0.15, 0.2) is 23.7 Å². The molecule has 0 aliphatic rings. The average Bonchev–Trinajstić information content (AvgIpc) is 2.89. The van der Waals surface area contributed by atoms with Gasteiger partial charge >= 0.3 is 0 Å². The number of hydrogen-bond donors (Lipinski definition) is 2. The first-order valence-electron chi connectivity index (χ1n) is 5.98. The number of anilines is 1. The van der Waals surface area contributed by atoms with Gasteiger partial charge < -0.3 is 11.1 Å². The summed E-state index contributed by atoms with van der Waals surface area (Å²) in [5.41, 5.74) is 7.43. The summed E-state index contributed by atoms with van der Waals surface area (Å²) < 4.78 is 0. The Bertz CT molecular complexity index is 566. The molecule has 0 bridgehead atoms. The third kappa shape index (κ3) is 3.48. The van der Waals surface area contributed by atoms with E-state index < -0.39 is 0 Å². The Labute approximate surface area is 122 Å². The number of nitrogens with zero attached hydrogens (tertiary/aromatic N) is 2. The van der Waals surface area contributed by atoms with E-state index in [4.69, 9.17) is 18.0 Å². The lowest BCUT2D eigenvalue weighted by atomic mass is 10.2. The first-order chi connectivity index (χ1) is 9.08. The summed E-state index contributed by atoms with van der Waals surface area (Å²) in [7, 11) is 0. The highest BCUT2D eigenvalue weighted by atomic mass is 32.1. The van der Waals surface area contributed by atoms with Gasteiger partial charge in [0.1, 0.15) is 10.8 Å². The summed E-state index contributed by atoms with van der Waals surface area (Å²) in [5.74, 6) is 1.07. The Kier molecular flexibility index (Phi) is 4.44. The zero-order chi connectivity index (χ0) is 13.8. The molecule has 0 aliphatic carbocycles. The Balaban J connectivity index is 2.10. The molecule has 1 unspecified atom stereocenters. The molecule has 0 aliphatic heterocycles. The van der Waals surface area contributed by atoms with Crippen molar-refractivity contribution in [2.75, 3.05) is 11.9 Å². The minimum absolute atomic E-state index is 0.321. The lowest BCUT2D eigenvalue weighted by Gasteiger charge is -2.14. The molecule has 100 valence electrons. The van der Waals surface area contributed by atoms with Crippen molar-refractivity contribution < 1.29 is 0 Å². The van der Waals surface area contributed by atoms with Crippen LogP contribution in [0.1, 0.15) is 29.1 Å². The van der Waals surface area contributed by atoms with Crippen molar-refractivity contribution in [1.82, 2.24) is 9.97 Å². The van der Waals surface area contributed by atoms with E-state index in [0.29, 0.717) is 10.9 Å². The van der Waals surface area contributed by atoms with E-state index >= 15 is 0 Å². The molecular formula is C13H16N4S2. The summed E-state index contributed by atoms with van der Waals surface area (Å²) >= 11 is 6.70. The highest BCUT2D eigenvalue weighted by Crippen LogP contribution is 2.19. The zero-order valence-electron chi connectivity index (χ0n) is 10.9. The molecule has 0 fully saturated rings. The van der Waals surface area contributed by atoms with Gasteiger partial charge in [0.25, 0.3) is 0 Å². The second kappa shape index (κ2) is 6.08. The largest absolute Gasteiger partial charge is 0.389 e. The molecule has 0 amide bonds. The third-order valence-corrected chi connectivity index (χ3v) is 3.98. The van der Waals surface area contributed by atoms with E-state index in [0.717, 1.165) is 28.6 Å². The predicted octanol–water partition coefficient (Wildman–Crippen LogP) is 2.70. The second-order valence-corrected chi connectivity index (χ2v) is 5.73. The van der Waals surface area contributed by atoms with Gasteiger partial charge in [0.2, 0.25) is 0 Å². The van der Waals surface area contributed by atoms with Crippen LogP contribution in [0.3, 0.4) is 0 Å². The van der Waals surface area contributed by atoms with Crippen LogP contribution in [-0.2, 0) is 0 Å². The molecule has 3 N–H and O–H groups in total. The summed E-state index contributed by atoms with van der Waals surface area (Å²) in [6, 6.07) is 3.81. The van der Waals surface area contributed by atoms with E-state index in [1.54, 1.807) is 11.3 Å². The van der Waals surface area contributed by atoms with Gasteiger partial charge in [-0.15, -0.1) is 11.3 Å². The number of nitrogens with one attached hydrogen (secondary N) is 1. The fraction of sp³-hybridized carbons (Fsp3) is 0.308. The van der Waals surface area contributed by atoms with Crippen LogP contribution < -0.4 is 11.1 Å². The quantitative estimate of drug-likeness (QED) is 0.830. The molecule has 19 heavy (non-hydrogen) atoms. The molecule has 0 saturated heterocycles. The summed E-state index contributed by atoms with van der Waals surface area (Å²) in [6.07, 6.45) is 1.82. The molecule has 2 heterocycles. The van der Waals surface area contributed by atoms with Crippen LogP contribution in [0.4, 0.5) is 5.82 Å². The minimum Gasteiger partial charge on any atom is -0.389 e. The summed E-state index contributed by atoms with van der Waals surface area (Å²) in [6.45, 7) is 4.82. The molecular weight excluding hydrogens is 276 g/mol. The molecule has 0 saturated carbocycles. The normalized spacial score (nSPS) is 12.1.